The van der Waals surface area contributed by atoms with Crippen molar-refractivity contribution in [2.24, 2.45) is 0 Å². The van der Waals surface area contributed by atoms with Crippen LogP contribution in [-0.2, 0) is 0 Å². The number of nitrogens with two attached hydrogens (primary N) is 1. The zero-order chi connectivity index (χ0) is 13.8. The molecule has 1 aromatic rings. The molecule has 0 unspecified atom stereocenters. The van der Waals surface area contributed by atoms with Crippen LogP contribution >= 0.6 is 0 Å². The van der Waals surface area contributed by atoms with Crippen molar-refractivity contribution in [1.29, 1.82) is 0 Å². The second kappa shape index (κ2) is 5.77. The normalized spacial score (nSPS) is 15.7. The molecule has 0 saturated carbocycles. The maximum Gasteiger partial charge on any atom is 0.317 e. The molecule has 1 saturated heterocycles. The Morgan fingerprint density at radius 1 is 1.37 bits per heavy atom. The Kier molecular flexibility index (Phi) is 4.09. The lowest BCUT2D eigenvalue weighted by Crippen LogP contribution is -2.53. The molecule has 2 rings (SSSR count). The zero-order valence-electron chi connectivity index (χ0n) is 11.5. The Balaban J connectivity index is 1.93. The summed E-state index contributed by atoms with van der Waals surface area (Å²) in [7, 11) is 0. The standard InChI is InChI=1S/C13H21N5O/c1-10(2)16-13(19)18-7-5-17(6-8-18)12-3-4-15-9-11(12)14/h3-4,9-10H,5-8,14H2,1-2H3,(H,16,19). The number of anilines is 2. The third-order valence-corrected chi connectivity index (χ3v) is 3.15. The Morgan fingerprint density at radius 2 is 2.05 bits per heavy atom. The number of nitrogens with one attached hydrogen (secondary N) is 1. The van der Waals surface area contributed by atoms with Gasteiger partial charge in [-0.2, -0.15) is 0 Å². The third-order valence-electron chi connectivity index (χ3n) is 3.15. The highest BCUT2D eigenvalue weighted by Crippen LogP contribution is 2.22. The molecule has 2 amide bonds. The number of nitrogens with zero attached hydrogens (tertiary/aromatic N) is 3. The molecular formula is C13H21N5O. The average Bonchev–Trinajstić information content (AvgIpc) is 2.39. The largest absolute Gasteiger partial charge is 0.396 e. The minimum absolute atomic E-state index is 0.0114. The van der Waals surface area contributed by atoms with E-state index in [1.807, 2.05) is 24.8 Å². The molecule has 0 aromatic carbocycles. The first kappa shape index (κ1) is 13.5. The molecule has 6 heteroatoms. The van der Waals surface area contributed by atoms with Crippen LogP contribution in [-0.4, -0.2) is 48.1 Å². The van der Waals surface area contributed by atoms with E-state index in [0.717, 1.165) is 18.8 Å². The summed E-state index contributed by atoms with van der Waals surface area (Å²) in [5.74, 6) is 0. The van der Waals surface area contributed by atoms with Crippen LogP contribution in [0.4, 0.5) is 16.2 Å². The summed E-state index contributed by atoms with van der Waals surface area (Å²) in [6.45, 7) is 6.93. The molecule has 1 aliphatic rings. The second-order valence-corrected chi connectivity index (χ2v) is 5.01. The molecule has 0 spiro atoms. The highest BCUT2D eigenvalue weighted by Gasteiger charge is 2.22. The number of piperazine rings is 1. The average molecular weight is 263 g/mol. The topological polar surface area (TPSA) is 74.5 Å². The van der Waals surface area contributed by atoms with Gasteiger partial charge in [0.25, 0.3) is 0 Å². The smallest absolute Gasteiger partial charge is 0.317 e. The molecule has 6 nitrogen and oxygen atoms in total. The first-order valence-corrected chi connectivity index (χ1v) is 6.58. The van der Waals surface area contributed by atoms with Gasteiger partial charge < -0.3 is 20.9 Å². The van der Waals surface area contributed by atoms with Crippen LogP contribution in [0, 0.1) is 0 Å². The van der Waals surface area contributed by atoms with Gasteiger partial charge in [0.05, 0.1) is 17.6 Å². The van der Waals surface area contributed by atoms with Crippen LogP contribution in [0.3, 0.4) is 0 Å². The van der Waals surface area contributed by atoms with Gasteiger partial charge in [-0.15, -0.1) is 0 Å². The van der Waals surface area contributed by atoms with Crippen molar-refractivity contribution in [3.63, 3.8) is 0 Å². The van der Waals surface area contributed by atoms with Gasteiger partial charge in [0, 0.05) is 38.4 Å². The summed E-state index contributed by atoms with van der Waals surface area (Å²) < 4.78 is 0. The van der Waals surface area contributed by atoms with Crippen molar-refractivity contribution in [3.05, 3.63) is 18.5 Å². The number of carbonyl (C=O) groups excluding carboxylic acids is 1. The molecule has 0 bridgehead atoms. The number of carbonyl (C=O) groups is 1. The number of aromatic nitrogens is 1. The van der Waals surface area contributed by atoms with Crippen molar-refractivity contribution in [3.8, 4) is 0 Å². The molecule has 1 aromatic heterocycles. The molecule has 2 heterocycles. The van der Waals surface area contributed by atoms with Gasteiger partial charge in [0.15, 0.2) is 0 Å². The summed E-state index contributed by atoms with van der Waals surface area (Å²) in [5, 5.41) is 2.91. The molecular weight excluding hydrogens is 242 g/mol. The maximum absolute atomic E-state index is 11.9. The van der Waals surface area contributed by atoms with Crippen molar-refractivity contribution in [2.75, 3.05) is 36.8 Å². The number of hydrogen-bond donors (Lipinski definition) is 2. The minimum Gasteiger partial charge on any atom is -0.396 e. The van der Waals surface area contributed by atoms with Crippen LogP contribution in [0.25, 0.3) is 0 Å². The summed E-state index contributed by atoms with van der Waals surface area (Å²) in [6.07, 6.45) is 3.40. The fourth-order valence-electron chi connectivity index (χ4n) is 2.18. The van der Waals surface area contributed by atoms with Gasteiger partial charge in [-0.25, -0.2) is 4.79 Å². The lowest BCUT2D eigenvalue weighted by atomic mass is 10.2. The first-order valence-electron chi connectivity index (χ1n) is 6.58. The van der Waals surface area contributed by atoms with Crippen molar-refractivity contribution < 1.29 is 4.79 Å². The Morgan fingerprint density at radius 3 is 2.63 bits per heavy atom. The number of nitrogen functional groups attached to an aromatic ring is 1. The minimum atomic E-state index is 0.0114. The fourth-order valence-corrected chi connectivity index (χ4v) is 2.18. The van der Waals surface area contributed by atoms with E-state index >= 15 is 0 Å². The summed E-state index contributed by atoms with van der Waals surface area (Å²) in [4.78, 5) is 19.9. The number of pyridine rings is 1. The van der Waals surface area contributed by atoms with E-state index in [0.29, 0.717) is 18.8 Å². The summed E-state index contributed by atoms with van der Waals surface area (Å²) >= 11 is 0. The van der Waals surface area contributed by atoms with Crippen LogP contribution < -0.4 is 16.0 Å². The van der Waals surface area contributed by atoms with Crippen molar-refractivity contribution in [1.82, 2.24) is 15.2 Å². The fraction of sp³-hybridized carbons (Fsp3) is 0.538. The van der Waals surface area contributed by atoms with Crippen LogP contribution in [0.15, 0.2) is 18.5 Å². The number of urea groups is 1. The highest BCUT2D eigenvalue weighted by atomic mass is 16.2. The summed E-state index contributed by atoms with van der Waals surface area (Å²) in [5.41, 5.74) is 7.60. The monoisotopic (exact) mass is 263 g/mol. The first-order chi connectivity index (χ1) is 9.08. The summed E-state index contributed by atoms with van der Waals surface area (Å²) in [6, 6.07) is 2.10. The zero-order valence-corrected chi connectivity index (χ0v) is 11.5. The molecule has 0 aliphatic carbocycles. The lowest BCUT2D eigenvalue weighted by molar-refractivity contribution is 0.192. The number of hydrogen-bond acceptors (Lipinski definition) is 4. The number of rotatable bonds is 2. The van der Waals surface area contributed by atoms with E-state index in [4.69, 9.17) is 5.73 Å². The van der Waals surface area contributed by atoms with Gasteiger partial charge in [-0.1, -0.05) is 0 Å². The predicted molar refractivity (Wildman–Crippen MR) is 76.1 cm³/mol. The van der Waals surface area contributed by atoms with E-state index in [1.54, 1.807) is 12.4 Å². The van der Waals surface area contributed by atoms with E-state index in [1.165, 1.54) is 0 Å². The van der Waals surface area contributed by atoms with Gasteiger partial charge in [-0.05, 0) is 19.9 Å². The van der Waals surface area contributed by atoms with Gasteiger partial charge in [-0.3, -0.25) is 4.98 Å². The second-order valence-electron chi connectivity index (χ2n) is 5.01. The maximum atomic E-state index is 11.9. The Bertz CT molecular complexity index is 440. The highest BCUT2D eigenvalue weighted by molar-refractivity contribution is 5.75. The molecule has 0 radical (unpaired) electrons. The SMILES string of the molecule is CC(C)NC(=O)N1CCN(c2ccncc2N)CC1. The van der Waals surface area contributed by atoms with E-state index < -0.39 is 0 Å². The lowest BCUT2D eigenvalue weighted by Gasteiger charge is -2.36. The Labute approximate surface area is 113 Å². The van der Waals surface area contributed by atoms with Gasteiger partial charge in [0.1, 0.15) is 0 Å². The van der Waals surface area contributed by atoms with E-state index in [2.05, 4.69) is 15.2 Å². The molecule has 1 aliphatic heterocycles. The van der Waals surface area contributed by atoms with Crippen LogP contribution in [0.1, 0.15) is 13.8 Å². The number of amides is 2. The molecule has 104 valence electrons. The van der Waals surface area contributed by atoms with Crippen molar-refractivity contribution >= 4 is 17.4 Å². The van der Waals surface area contributed by atoms with E-state index in [9.17, 15) is 4.79 Å². The van der Waals surface area contributed by atoms with Crippen LogP contribution in [0.2, 0.25) is 0 Å². The third kappa shape index (κ3) is 3.27. The van der Waals surface area contributed by atoms with Gasteiger partial charge in [0.2, 0.25) is 0 Å². The molecule has 19 heavy (non-hydrogen) atoms. The van der Waals surface area contributed by atoms with Crippen molar-refractivity contribution in [2.45, 2.75) is 19.9 Å². The van der Waals surface area contributed by atoms with Gasteiger partial charge >= 0.3 is 6.03 Å². The predicted octanol–water partition coefficient (Wildman–Crippen LogP) is 0.904. The Hall–Kier alpha value is -1.98. The molecule has 3 N–H and O–H groups in total. The molecule has 1 fully saturated rings. The van der Waals surface area contributed by atoms with E-state index in [-0.39, 0.29) is 12.1 Å². The quantitative estimate of drug-likeness (QED) is 0.831. The van der Waals surface area contributed by atoms with Crippen LogP contribution in [0.5, 0.6) is 0 Å². The molecule has 0 atom stereocenters.